The molecule has 0 radical (unpaired) electrons. The van der Waals surface area contributed by atoms with Gasteiger partial charge in [-0.1, -0.05) is 23.9 Å². The Labute approximate surface area is 145 Å². The summed E-state index contributed by atoms with van der Waals surface area (Å²) in [6, 6.07) is 6.95. The molecule has 1 aromatic carbocycles. The molecule has 1 aliphatic rings. The summed E-state index contributed by atoms with van der Waals surface area (Å²) in [7, 11) is 0. The molecule has 0 bridgehead atoms. The Kier molecular flexibility index (Phi) is 4.99. The molecule has 7 heteroatoms. The van der Waals surface area contributed by atoms with Crippen molar-refractivity contribution in [2.75, 3.05) is 11.1 Å². The second-order valence-corrected chi connectivity index (χ2v) is 6.78. The number of nitrogens with zero attached hydrogens (tertiary/aromatic N) is 3. The number of anilines is 1. The lowest BCUT2D eigenvalue weighted by Gasteiger charge is -2.08. The van der Waals surface area contributed by atoms with E-state index >= 15 is 0 Å². The number of aromatic nitrogens is 3. The van der Waals surface area contributed by atoms with E-state index in [0.717, 1.165) is 17.5 Å². The minimum absolute atomic E-state index is 0.0240. The van der Waals surface area contributed by atoms with Crippen molar-refractivity contribution in [1.29, 1.82) is 0 Å². The van der Waals surface area contributed by atoms with Gasteiger partial charge in [0.05, 0.1) is 5.75 Å². The van der Waals surface area contributed by atoms with E-state index in [1.54, 1.807) is 24.3 Å². The number of nitrogens with one attached hydrogen (secondary N) is 1. The van der Waals surface area contributed by atoms with Crippen molar-refractivity contribution in [3.05, 3.63) is 35.7 Å². The monoisotopic (exact) mass is 344 g/mol. The summed E-state index contributed by atoms with van der Waals surface area (Å²) in [5, 5.41) is 12.1. The van der Waals surface area contributed by atoms with Gasteiger partial charge in [0.15, 0.2) is 10.9 Å². The summed E-state index contributed by atoms with van der Waals surface area (Å²) in [4.78, 5) is 23.5. The third-order valence-corrected chi connectivity index (χ3v) is 4.86. The maximum absolute atomic E-state index is 12.1. The van der Waals surface area contributed by atoms with Crippen molar-refractivity contribution < 1.29 is 9.59 Å². The molecule has 1 heterocycles. The number of hydrogen-bond donors (Lipinski definition) is 1. The van der Waals surface area contributed by atoms with Gasteiger partial charge in [0, 0.05) is 23.7 Å². The van der Waals surface area contributed by atoms with Gasteiger partial charge in [-0.2, -0.15) is 0 Å². The van der Waals surface area contributed by atoms with Crippen LogP contribution in [-0.2, 0) is 11.3 Å². The number of rotatable bonds is 7. The molecule has 1 saturated carbocycles. The second-order valence-electron chi connectivity index (χ2n) is 5.83. The fourth-order valence-electron chi connectivity index (χ4n) is 2.49. The fraction of sp³-hybridized carbons (Fsp3) is 0.412. The van der Waals surface area contributed by atoms with E-state index < -0.39 is 0 Å². The molecule has 0 saturated heterocycles. The molecule has 0 spiro atoms. The van der Waals surface area contributed by atoms with Crippen LogP contribution in [0.2, 0.25) is 0 Å². The summed E-state index contributed by atoms with van der Waals surface area (Å²) < 4.78 is 2.09. The average Bonchev–Trinajstić information content (AvgIpc) is 3.33. The number of thioether (sulfide) groups is 1. The van der Waals surface area contributed by atoms with Crippen molar-refractivity contribution in [1.82, 2.24) is 14.8 Å². The number of carbonyl (C=O) groups excluding carboxylic acids is 2. The van der Waals surface area contributed by atoms with Gasteiger partial charge in [0.25, 0.3) is 0 Å². The zero-order valence-corrected chi connectivity index (χ0v) is 14.6. The Morgan fingerprint density at radius 1 is 1.33 bits per heavy atom. The lowest BCUT2D eigenvalue weighted by molar-refractivity contribution is -0.113. The van der Waals surface area contributed by atoms with E-state index in [1.165, 1.54) is 31.5 Å². The maximum Gasteiger partial charge on any atom is 0.234 e. The molecule has 1 aliphatic carbocycles. The molecule has 126 valence electrons. The van der Waals surface area contributed by atoms with Gasteiger partial charge in [-0.15, -0.1) is 10.2 Å². The van der Waals surface area contributed by atoms with Crippen LogP contribution in [0.25, 0.3) is 0 Å². The minimum atomic E-state index is -0.126. The van der Waals surface area contributed by atoms with Gasteiger partial charge in [-0.25, -0.2) is 0 Å². The zero-order valence-electron chi connectivity index (χ0n) is 13.8. The van der Waals surface area contributed by atoms with Crippen LogP contribution in [0.1, 0.15) is 48.8 Å². The Morgan fingerprint density at radius 2 is 2.12 bits per heavy atom. The largest absolute Gasteiger partial charge is 0.325 e. The first-order valence-electron chi connectivity index (χ1n) is 8.05. The lowest BCUT2D eigenvalue weighted by Crippen LogP contribution is -2.15. The molecule has 24 heavy (non-hydrogen) atoms. The molecule has 3 rings (SSSR count). The van der Waals surface area contributed by atoms with Gasteiger partial charge >= 0.3 is 0 Å². The first-order valence-corrected chi connectivity index (χ1v) is 9.03. The molecule has 0 atom stereocenters. The third kappa shape index (κ3) is 3.84. The topological polar surface area (TPSA) is 76.9 Å². The van der Waals surface area contributed by atoms with E-state index in [2.05, 4.69) is 27.0 Å². The smallest absolute Gasteiger partial charge is 0.234 e. The van der Waals surface area contributed by atoms with Crippen LogP contribution in [0.5, 0.6) is 0 Å². The molecular formula is C17H20N4O2S. The standard InChI is InChI=1S/C17H20N4O2S/c1-3-21-16(12-7-8-12)19-20-17(21)24-10-15(23)18-14-6-4-5-13(9-14)11(2)22/h4-6,9,12H,3,7-8,10H2,1-2H3,(H,18,23). The maximum atomic E-state index is 12.1. The highest BCUT2D eigenvalue weighted by molar-refractivity contribution is 7.99. The Bertz CT molecular complexity index is 768. The molecule has 2 aromatic rings. The summed E-state index contributed by atoms with van der Waals surface area (Å²) in [5.41, 5.74) is 1.21. The Hall–Kier alpha value is -2.15. The predicted octanol–water partition coefficient (Wildman–Crippen LogP) is 3.11. The lowest BCUT2D eigenvalue weighted by atomic mass is 10.1. The number of benzene rings is 1. The normalized spacial score (nSPS) is 13.8. The van der Waals surface area contributed by atoms with Crippen molar-refractivity contribution in [3.8, 4) is 0 Å². The predicted molar refractivity (Wildman–Crippen MR) is 93.5 cm³/mol. The highest BCUT2D eigenvalue weighted by Gasteiger charge is 2.30. The van der Waals surface area contributed by atoms with Crippen molar-refractivity contribution >= 4 is 29.1 Å². The van der Waals surface area contributed by atoms with E-state index in [9.17, 15) is 9.59 Å². The number of Topliss-reactive ketones (excluding diaryl/α,β-unsaturated/α-hetero) is 1. The molecule has 1 N–H and O–H groups in total. The molecule has 1 amide bonds. The average molecular weight is 344 g/mol. The molecule has 0 unspecified atom stereocenters. The van der Waals surface area contributed by atoms with Crippen molar-refractivity contribution in [3.63, 3.8) is 0 Å². The van der Waals surface area contributed by atoms with Crippen LogP contribution in [-0.4, -0.2) is 32.2 Å². The summed E-state index contributed by atoms with van der Waals surface area (Å²) in [6.07, 6.45) is 2.35. The number of amides is 1. The van der Waals surface area contributed by atoms with Crippen molar-refractivity contribution in [2.24, 2.45) is 0 Å². The van der Waals surface area contributed by atoms with Crippen LogP contribution in [0.15, 0.2) is 29.4 Å². The van der Waals surface area contributed by atoms with Gasteiger partial charge in [0.2, 0.25) is 5.91 Å². The van der Waals surface area contributed by atoms with Crippen LogP contribution >= 0.6 is 11.8 Å². The fourth-order valence-corrected chi connectivity index (χ4v) is 3.30. The highest BCUT2D eigenvalue weighted by atomic mass is 32.2. The van der Waals surface area contributed by atoms with Gasteiger partial charge in [-0.3, -0.25) is 9.59 Å². The Balaban J connectivity index is 1.60. The highest BCUT2D eigenvalue weighted by Crippen LogP contribution is 2.39. The van der Waals surface area contributed by atoms with Crippen LogP contribution in [0.4, 0.5) is 5.69 Å². The number of carbonyl (C=O) groups is 2. The molecular weight excluding hydrogens is 324 g/mol. The van der Waals surface area contributed by atoms with Crippen LogP contribution in [0.3, 0.4) is 0 Å². The summed E-state index contributed by atoms with van der Waals surface area (Å²) >= 11 is 1.39. The quantitative estimate of drug-likeness (QED) is 0.617. The van der Waals surface area contributed by atoms with Crippen LogP contribution in [0, 0.1) is 0 Å². The number of hydrogen-bond acceptors (Lipinski definition) is 5. The van der Waals surface area contributed by atoms with Crippen molar-refractivity contribution in [2.45, 2.75) is 44.3 Å². The number of ketones is 1. The second kappa shape index (κ2) is 7.17. The molecule has 1 aromatic heterocycles. The first-order chi connectivity index (χ1) is 11.6. The Morgan fingerprint density at radius 3 is 2.79 bits per heavy atom. The molecule has 6 nitrogen and oxygen atoms in total. The molecule has 0 aliphatic heterocycles. The van der Waals surface area contributed by atoms with E-state index in [1.807, 2.05) is 0 Å². The first kappa shape index (κ1) is 16.7. The summed E-state index contributed by atoms with van der Waals surface area (Å²) in [5.74, 6) is 1.68. The summed E-state index contributed by atoms with van der Waals surface area (Å²) in [6.45, 7) is 4.38. The van der Waals surface area contributed by atoms with Gasteiger partial charge in [0.1, 0.15) is 5.82 Å². The van der Waals surface area contributed by atoms with E-state index in [0.29, 0.717) is 17.2 Å². The zero-order chi connectivity index (χ0) is 17.1. The minimum Gasteiger partial charge on any atom is -0.325 e. The van der Waals surface area contributed by atoms with E-state index in [4.69, 9.17) is 0 Å². The van der Waals surface area contributed by atoms with Gasteiger partial charge < -0.3 is 9.88 Å². The molecule has 1 fully saturated rings. The SMILES string of the molecule is CCn1c(SCC(=O)Nc2cccc(C(C)=O)c2)nnc1C1CC1. The van der Waals surface area contributed by atoms with Gasteiger partial charge in [-0.05, 0) is 38.8 Å². The van der Waals surface area contributed by atoms with Crippen LogP contribution < -0.4 is 5.32 Å². The third-order valence-electron chi connectivity index (χ3n) is 3.89. The van der Waals surface area contributed by atoms with E-state index in [-0.39, 0.29) is 17.4 Å².